The van der Waals surface area contributed by atoms with Gasteiger partial charge in [0.1, 0.15) is 0 Å². The molecule has 114 valence electrons. The molecule has 0 unspecified atom stereocenters. The van der Waals surface area contributed by atoms with E-state index in [4.69, 9.17) is 5.73 Å². The fourth-order valence-corrected chi connectivity index (χ4v) is 1.83. The van der Waals surface area contributed by atoms with Crippen LogP contribution in [0.2, 0.25) is 0 Å². The Morgan fingerprint density at radius 1 is 1.16 bits per heavy atom. The minimum Gasteiger partial charge on any atom is -0.355 e. The molecule has 0 aromatic carbocycles. The molecule has 0 aromatic heterocycles. The summed E-state index contributed by atoms with van der Waals surface area (Å²) in [5, 5.41) is 2.69. The first-order chi connectivity index (χ1) is 8.41. The van der Waals surface area contributed by atoms with Crippen LogP contribution in [0.5, 0.6) is 0 Å². The van der Waals surface area contributed by atoms with Crippen LogP contribution in [0.1, 0.15) is 47.0 Å². The quantitative estimate of drug-likeness (QED) is 0.700. The average molecular weight is 292 g/mol. The molecule has 0 heterocycles. The number of amides is 1. The second-order valence-corrected chi connectivity index (χ2v) is 9.16. The van der Waals surface area contributed by atoms with Crippen LogP contribution in [-0.4, -0.2) is 38.4 Å². The van der Waals surface area contributed by atoms with Gasteiger partial charge in [0, 0.05) is 19.2 Å². The molecule has 0 atom stereocenters. The maximum atomic E-state index is 11.7. The minimum atomic E-state index is -3.18. The first-order valence-corrected chi connectivity index (χ1v) is 8.47. The Bertz CT molecular complexity index is 400. The van der Waals surface area contributed by atoms with Crippen LogP contribution in [0.15, 0.2) is 0 Å². The Morgan fingerprint density at radius 2 is 1.68 bits per heavy atom. The molecule has 0 saturated heterocycles. The predicted molar refractivity (Wildman–Crippen MR) is 78.6 cm³/mol. The van der Waals surface area contributed by atoms with Crippen molar-refractivity contribution in [1.29, 1.82) is 0 Å². The predicted octanol–water partition coefficient (Wildman–Crippen LogP) is 1.08. The van der Waals surface area contributed by atoms with Crippen molar-refractivity contribution in [3.05, 3.63) is 0 Å². The fourth-order valence-electron chi connectivity index (χ4n) is 1.50. The summed E-state index contributed by atoms with van der Waals surface area (Å²) in [6, 6.07) is 0. The third kappa shape index (κ3) is 6.92. The molecule has 3 N–H and O–H groups in total. The van der Waals surface area contributed by atoms with Gasteiger partial charge in [0.05, 0.1) is 4.75 Å². The smallest absolute Gasteiger partial charge is 0.220 e. The van der Waals surface area contributed by atoms with Crippen molar-refractivity contribution in [3.63, 3.8) is 0 Å². The van der Waals surface area contributed by atoms with Crippen LogP contribution >= 0.6 is 0 Å². The molecule has 0 aliphatic heterocycles. The number of rotatable bonds is 8. The van der Waals surface area contributed by atoms with Crippen molar-refractivity contribution in [1.82, 2.24) is 5.32 Å². The maximum Gasteiger partial charge on any atom is 0.220 e. The SMILES string of the molecule is CC(C)(CCN)CCC(=O)NCC(C)(C)S(C)(=O)=O. The van der Waals surface area contributed by atoms with E-state index >= 15 is 0 Å². The van der Waals surface area contributed by atoms with Gasteiger partial charge in [-0.25, -0.2) is 8.42 Å². The summed E-state index contributed by atoms with van der Waals surface area (Å²) in [4.78, 5) is 11.7. The van der Waals surface area contributed by atoms with Crippen molar-refractivity contribution >= 4 is 15.7 Å². The van der Waals surface area contributed by atoms with Crippen LogP contribution < -0.4 is 11.1 Å². The number of hydrogen-bond donors (Lipinski definition) is 2. The van der Waals surface area contributed by atoms with Crippen molar-refractivity contribution < 1.29 is 13.2 Å². The van der Waals surface area contributed by atoms with E-state index in [1.807, 2.05) is 0 Å². The molecule has 6 heteroatoms. The van der Waals surface area contributed by atoms with E-state index < -0.39 is 14.6 Å². The Kier molecular flexibility index (Phi) is 6.48. The van der Waals surface area contributed by atoms with E-state index in [9.17, 15) is 13.2 Å². The molecule has 19 heavy (non-hydrogen) atoms. The van der Waals surface area contributed by atoms with Gasteiger partial charge in [-0.3, -0.25) is 4.79 Å². The molecule has 1 amide bonds. The van der Waals surface area contributed by atoms with Crippen molar-refractivity contribution in [2.75, 3.05) is 19.3 Å². The summed E-state index contributed by atoms with van der Waals surface area (Å²) < 4.78 is 22.1. The second kappa shape index (κ2) is 6.70. The van der Waals surface area contributed by atoms with Gasteiger partial charge in [-0.1, -0.05) is 13.8 Å². The van der Waals surface area contributed by atoms with E-state index in [-0.39, 0.29) is 17.9 Å². The number of carbonyl (C=O) groups excluding carboxylic acids is 1. The molecule has 0 fully saturated rings. The Morgan fingerprint density at radius 3 is 2.11 bits per heavy atom. The molecule has 0 saturated carbocycles. The van der Waals surface area contributed by atoms with Gasteiger partial charge in [0.15, 0.2) is 9.84 Å². The standard InChI is InChI=1S/C13H28N2O3S/c1-12(2,8-9-14)7-6-11(16)15-10-13(3,4)19(5,17)18/h6-10,14H2,1-5H3,(H,15,16). The highest BCUT2D eigenvalue weighted by Crippen LogP contribution is 2.25. The van der Waals surface area contributed by atoms with Gasteiger partial charge >= 0.3 is 0 Å². The monoisotopic (exact) mass is 292 g/mol. The first kappa shape index (κ1) is 18.4. The molecule has 5 nitrogen and oxygen atoms in total. The maximum absolute atomic E-state index is 11.7. The van der Waals surface area contributed by atoms with Crippen LogP contribution in [0, 0.1) is 5.41 Å². The second-order valence-electron chi connectivity index (χ2n) is 6.51. The fraction of sp³-hybridized carbons (Fsp3) is 0.923. The zero-order chi connectivity index (χ0) is 15.3. The van der Waals surface area contributed by atoms with Crippen molar-refractivity contribution in [2.45, 2.75) is 51.7 Å². The van der Waals surface area contributed by atoms with Crippen molar-refractivity contribution in [2.24, 2.45) is 11.1 Å². The molecular weight excluding hydrogens is 264 g/mol. The van der Waals surface area contributed by atoms with E-state index in [1.165, 1.54) is 6.26 Å². The molecule has 0 radical (unpaired) electrons. The summed E-state index contributed by atoms with van der Waals surface area (Å²) in [6.07, 6.45) is 3.20. The first-order valence-electron chi connectivity index (χ1n) is 6.58. The Labute approximate surface area is 117 Å². The normalized spacial score (nSPS) is 13.4. The summed E-state index contributed by atoms with van der Waals surface area (Å²) >= 11 is 0. The molecule has 0 bridgehead atoms. The van der Waals surface area contributed by atoms with Crippen LogP contribution in [-0.2, 0) is 14.6 Å². The lowest BCUT2D eigenvalue weighted by Crippen LogP contribution is -2.43. The van der Waals surface area contributed by atoms with Gasteiger partial charge in [-0.15, -0.1) is 0 Å². The van der Waals surface area contributed by atoms with Crippen LogP contribution in [0.25, 0.3) is 0 Å². The summed E-state index contributed by atoms with van der Waals surface area (Å²) in [6.45, 7) is 8.13. The lowest BCUT2D eigenvalue weighted by atomic mass is 9.84. The van der Waals surface area contributed by atoms with Gasteiger partial charge in [-0.05, 0) is 38.6 Å². The zero-order valence-electron chi connectivity index (χ0n) is 12.7. The molecule has 0 rings (SSSR count). The van der Waals surface area contributed by atoms with Crippen molar-refractivity contribution in [3.8, 4) is 0 Å². The van der Waals surface area contributed by atoms with E-state index in [0.717, 1.165) is 12.8 Å². The topological polar surface area (TPSA) is 89.3 Å². The Hall–Kier alpha value is -0.620. The number of hydrogen-bond acceptors (Lipinski definition) is 4. The Balaban J connectivity index is 4.22. The molecule has 0 aliphatic carbocycles. The number of sulfone groups is 1. The van der Waals surface area contributed by atoms with Gasteiger partial charge in [0.2, 0.25) is 5.91 Å². The molecule has 0 aliphatic rings. The highest BCUT2D eigenvalue weighted by Gasteiger charge is 2.30. The summed E-state index contributed by atoms with van der Waals surface area (Å²) in [5.74, 6) is -0.109. The van der Waals surface area contributed by atoms with Gasteiger partial charge in [0.25, 0.3) is 0 Å². The lowest BCUT2D eigenvalue weighted by molar-refractivity contribution is -0.121. The number of carbonyl (C=O) groups is 1. The zero-order valence-corrected chi connectivity index (χ0v) is 13.6. The highest BCUT2D eigenvalue weighted by atomic mass is 32.2. The molecule has 0 aromatic rings. The molecule has 0 spiro atoms. The van der Waals surface area contributed by atoms with Crippen LogP contribution in [0.4, 0.5) is 0 Å². The highest BCUT2D eigenvalue weighted by molar-refractivity contribution is 7.92. The third-order valence-electron chi connectivity index (χ3n) is 3.57. The lowest BCUT2D eigenvalue weighted by Gasteiger charge is -2.25. The van der Waals surface area contributed by atoms with Gasteiger partial charge in [-0.2, -0.15) is 0 Å². The number of nitrogens with one attached hydrogen (secondary N) is 1. The van der Waals surface area contributed by atoms with E-state index in [2.05, 4.69) is 19.2 Å². The van der Waals surface area contributed by atoms with Crippen LogP contribution in [0.3, 0.4) is 0 Å². The average Bonchev–Trinajstić information content (AvgIpc) is 2.22. The summed E-state index contributed by atoms with van der Waals surface area (Å²) in [7, 11) is -3.18. The van der Waals surface area contributed by atoms with E-state index in [1.54, 1.807) is 13.8 Å². The van der Waals surface area contributed by atoms with Gasteiger partial charge < -0.3 is 11.1 Å². The minimum absolute atomic E-state index is 0.0401. The third-order valence-corrected chi connectivity index (χ3v) is 5.72. The van der Waals surface area contributed by atoms with E-state index in [0.29, 0.717) is 13.0 Å². The number of nitrogens with two attached hydrogens (primary N) is 1. The molecular formula is C13H28N2O3S. The largest absolute Gasteiger partial charge is 0.355 e. The summed E-state index contributed by atoms with van der Waals surface area (Å²) in [5.41, 5.74) is 5.56.